The fourth-order valence-electron chi connectivity index (χ4n) is 2.41. The van der Waals surface area contributed by atoms with Crippen LogP contribution in [0.5, 0.6) is 0 Å². The molecule has 0 radical (unpaired) electrons. The molecule has 1 fully saturated rings. The summed E-state index contributed by atoms with van der Waals surface area (Å²) in [5.41, 5.74) is 3.75. The van der Waals surface area contributed by atoms with Crippen molar-refractivity contribution in [2.24, 2.45) is 7.05 Å². The summed E-state index contributed by atoms with van der Waals surface area (Å²) < 4.78 is 1.76. The Kier molecular flexibility index (Phi) is 2.31. The Morgan fingerprint density at radius 2 is 2.06 bits per heavy atom. The molecule has 0 bridgehead atoms. The van der Waals surface area contributed by atoms with E-state index in [1.165, 1.54) is 29.3 Å². The van der Waals surface area contributed by atoms with Gasteiger partial charge in [-0.25, -0.2) is 0 Å². The van der Waals surface area contributed by atoms with E-state index in [0.717, 1.165) is 11.6 Å². The van der Waals surface area contributed by atoms with Crippen LogP contribution in [0.2, 0.25) is 0 Å². The van der Waals surface area contributed by atoms with Gasteiger partial charge in [0.1, 0.15) is 0 Å². The van der Waals surface area contributed by atoms with Crippen LogP contribution in [0.1, 0.15) is 43.9 Å². The van der Waals surface area contributed by atoms with Crippen molar-refractivity contribution in [2.75, 3.05) is 0 Å². The third-order valence-corrected chi connectivity index (χ3v) is 3.71. The lowest BCUT2D eigenvalue weighted by atomic mass is 10.0. The first-order chi connectivity index (χ1) is 7.97. The highest BCUT2D eigenvalue weighted by Crippen LogP contribution is 2.42. The molecule has 0 atom stereocenters. The predicted molar refractivity (Wildman–Crippen MR) is 74.7 cm³/mol. The van der Waals surface area contributed by atoms with Crippen LogP contribution < -0.4 is 0 Å². The highest BCUT2D eigenvalue weighted by Gasteiger charge is 2.26. The van der Waals surface area contributed by atoms with Crippen LogP contribution in [0.4, 0.5) is 0 Å². The van der Waals surface area contributed by atoms with Gasteiger partial charge < -0.3 is 0 Å². The standard InChI is InChI=1S/C14H18N2S/c1-14(2,17)13-11-8-10(9-4-5-9)6-7-12(11)16(3)15-13/h6-9,17H,4-5H2,1-3H3. The van der Waals surface area contributed by atoms with Crippen molar-refractivity contribution >= 4 is 23.5 Å². The molecule has 0 unspecified atom stereocenters. The summed E-state index contributed by atoms with van der Waals surface area (Å²) in [6.07, 6.45) is 2.68. The molecule has 0 N–H and O–H groups in total. The van der Waals surface area contributed by atoms with Gasteiger partial charge in [0, 0.05) is 12.4 Å². The van der Waals surface area contributed by atoms with Crippen LogP contribution >= 0.6 is 12.6 Å². The molecule has 0 amide bonds. The van der Waals surface area contributed by atoms with Crippen molar-refractivity contribution in [1.29, 1.82) is 0 Å². The molecule has 1 heterocycles. The van der Waals surface area contributed by atoms with Gasteiger partial charge in [-0.15, -0.1) is 0 Å². The van der Waals surface area contributed by atoms with Crippen LogP contribution in [0.3, 0.4) is 0 Å². The Bertz CT molecular complexity index is 574. The van der Waals surface area contributed by atoms with E-state index in [4.69, 9.17) is 0 Å². The molecule has 1 aromatic heterocycles. The van der Waals surface area contributed by atoms with Crippen LogP contribution in [0, 0.1) is 0 Å². The third kappa shape index (κ3) is 1.86. The summed E-state index contributed by atoms with van der Waals surface area (Å²) in [7, 11) is 2.00. The van der Waals surface area contributed by atoms with E-state index < -0.39 is 0 Å². The van der Waals surface area contributed by atoms with E-state index in [9.17, 15) is 0 Å². The lowest BCUT2D eigenvalue weighted by Crippen LogP contribution is -2.09. The monoisotopic (exact) mass is 246 g/mol. The van der Waals surface area contributed by atoms with E-state index >= 15 is 0 Å². The zero-order valence-electron chi connectivity index (χ0n) is 10.6. The minimum Gasteiger partial charge on any atom is -0.268 e. The summed E-state index contributed by atoms with van der Waals surface area (Å²) in [6.45, 7) is 4.20. The summed E-state index contributed by atoms with van der Waals surface area (Å²) in [5.74, 6) is 0.787. The number of aromatic nitrogens is 2. The molecule has 90 valence electrons. The number of rotatable bonds is 2. The van der Waals surface area contributed by atoms with Gasteiger partial charge in [0.2, 0.25) is 0 Å². The molecule has 0 spiro atoms. The first kappa shape index (κ1) is 11.1. The highest BCUT2D eigenvalue weighted by atomic mass is 32.1. The van der Waals surface area contributed by atoms with Crippen molar-refractivity contribution in [2.45, 2.75) is 37.4 Å². The number of benzene rings is 1. The Morgan fingerprint density at radius 3 is 2.65 bits per heavy atom. The number of nitrogens with zero attached hydrogens (tertiary/aromatic N) is 2. The summed E-state index contributed by atoms with van der Waals surface area (Å²) in [5, 5.41) is 5.88. The van der Waals surface area contributed by atoms with Crippen molar-refractivity contribution < 1.29 is 0 Å². The largest absolute Gasteiger partial charge is 0.268 e. The Morgan fingerprint density at radius 1 is 1.35 bits per heavy atom. The highest BCUT2D eigenvalue weighted by molar-refractivity contribution is 7.81. The molecular weight excluding hydrogens is 228 g/mol. The van der Waals surface area contributed by atoms with Gasteiger partial charge in [0.15, 0.2) is 0 Å². The normalized spacial score (nSPS) is 16.7. The topological polar surface area (TPSA) is 17.8 Å². The number of aryl methyl sites for hydroxylation is 1. The fraction of sp³-hybridized carbons (Fsp3) is 0.500. The predicted octanol–water partition coefficient (Wildman–Crippen LogP) is 3.62. The van der Waals surface area contributed by atoms with Crippen molar-refractivity contribution in [3.05, 3.63) is 29.5 Å². The summed E-state index contributed by atoms with van der Waals surface area (Å²) in [6, 6.07) is 6.75. The smallest absolute Gasteiger partial charge is 0.0855 e. The maximum absolute atomic E-state index is 4.66. The lowest BCUT2D eigenvalue weighted by Gasteiger charge is -2.14. The molecule has 1 aliphatic carbocycles. The fourth-order valence-corrected chi connectivity index (χ4v) is 2.57. The van der Waals surface area contributed by atoms with Crippen LogP contribution in [-0.2, 0) is 11.8 Å². The zero-order chi connectivity index (χ0) is 12.2. The van der Waals surface area contributed by atoms with Gasteiger partial charge >= 0.3 is 0 Å². The van der Waals surface area contributed by atoms with Gasteiger partial charge in [-0.3, -0.25) is 4.68 Å². The van der Waals surface area contributed by atoms with E-state index in [2.05, 4.69) is 49.8 Å². The summed E-state index contributed by atoms with van der Waals surface area (Å²) >= 11 is 4.66. The minimum atomic E-state index is -0.193. The van der Waals surface area contributed by atoms with E-state index in [-0.39, 0.29) is 4.75 Å². The molecule has 3 rings (SSSR count). The van der Waals surface area contributed by atoms with Gasteiger partial charge in [-0.1, -0.05) is 6.07 Å². The van der Waals surface area contributed by atoms with Crippen LogP contribution in [0.25, 0.3) is 10.9 Å². The maximum atomic E-state index is 4.66. The maximum Gasteiger partial charge on any atom is 0.0855 e. The van der Waals surface area contributed by atoms with Gasteiger partial charge in [-0.05, 0) is 50.3 Å². The quantitative estimate of drug-likeness (QED) is 0.801. The molecule has 2 nitrogen and oxygen atoms in total. The lowest BCUT2D eigenvalue weighted by molar-refractivity contribution is 0.697. The van der Waals surface area contributed by atoms with E-state index in [0.29, 0.717) is 0 Å². The van der Waals surface area contributed by atoms with Gasteiger partial charge in [0.05, 0.1) is 16.0 Å². The molecular formula is C14H18N2S. The molecule has 1 aliphatic rings. The average molecular weight is 246 g/mol. The van der Waals surface area contributed by atoms with Crippen molar-refractivity contribution in [1.82, 2.24) is 9.78 Å². The molecule has 0 saturated heterocycles. The molecule has 2 aromatic rings. The number of hydrogen-bond donors (Lipinski definition) is 1. The van der Waals surface area contributed by atoms with Gasteiger partial charge in [0.25, 0.3) is 0 Å². The Balaban J connectivity index is 2.24. The first-order valence-corrected chi connectivity index (χ1v) is 6.61. The SMILES string of the molecule is Cn1nc(C(C)(C)S)c2cc(C3CC3)ccc21. The molecule has 3 heteroatoms. The van der Waals surface area contributed by atoms with Crippen LogP contribution in [0.15, 0.2) is 18.2 Å². The minimum absolute atomic E-state index is 0.193. The number of hydrogen-bond acceptors (Lipinski definition) is 2. The van der Waals surface area contributed by atoms with Crippen molar-refractivity contribution in [3.8, 4) is 0 Å². The van der Waals surface area contributed by atoms with Gasteiger partial charge in [-0.2, -0.15) is 17.7 Å². The second kappa shape index (κ2) is 3.52. The average Bonchev–Trinajstić information content (AvgIpc) is 3.03. The Hall–Kier alpha value is -0.960. The van der Waals surface area contributed by atoms with E-state index in [1.807, 2.05) is 11.7 Å². The second-order valence-electron chi connectivity index (χ2n) is 5.58. The van der Waals surface area contributed by atoms with Crippen LogP contribution in [-0.4, -0.2) is 9.78 Å². The first-order valence-electron chi connectivity index (χ1n) is 6.16. The molecule has 1 saturated carbocycles. The molecule has 1 aromatic carbocycles. The third-order valence-electron chi connectivity index (χ3n) is 3.50. The number of thiol groups is 1. The molecule has 17 heavy (non-hydrogen) atoms. The second-order valence-corrected chi connectivity index (χ2v) is 6.70. The summed E-state index contributed by atoms with van der Waals surface area (Å²) in [4.78, 5) is 0. The Labute approximate surface area is 107 Å². The van der Waals surface area contributed by atoms with Crippen molar-refractivity contribution in [3.63, 3.8) is 0 Å². The van der Waals surface area contributed by atoms with E-state index in [1.54, 1.807) is 0 Å². The number of fused-ring (bicyclic) bond motifs is 1. The molecule has 0 aliphatic heterocycles. The zero-order valence-corrected chi connectivity index (χ0v) is 11.5.